The molecule has 206 valence electrons. The first-order valence-corrected chi connectivity index (χ1v) is 14.7. The summed E-state index contributed by atoms with van der Waals surface area (Å²) < 4.78 is 0. The number of nitrogens with zero attached hydrogens (tertiary/aromatic N) is 2. The number of nitrogens with one attached hydrogen (secondary N) is 1. The maximum absolute atomic E-state index is 14.0. The van der Waals surface area contributed by atoms with Crippen LogP contribution >= 0.6 is 11.8 Å². The summed E-state index contributed by atoms with van der Waals surface area (Å²) in [7, 11) is 0. The van der Waals surface area contributed by atoms with Crippen LogP contribution in [-0.4, -0.2) is 68.4 Å². The molecule has 2 fully saturated rings. The molecule has 8 nitrogen and oxygen atoms in total. The number of carboxylic acids is 1. The van der Waals surface area contributed by atoms with Crippen LogP contribution in [0.15, 0.2) is 54.6 Å². The average molecular weight is 550 g/mol. The lowest BCUT2D eigenvalue weighted by Crippen LogP contribution is -2.56. The largest absolute Gasteiger partial charge is 0.480 e. The molecular formula is C30H35N3O5S. The Bertz CT molecular complexity index is 1220. The van der Waals surface area contributed by atoms with Crippen molar-refractivity contribution >= 4 is 34.7 Å². The summed E-state index contributed by atoms with van der Waals surface area (Å²) in [5.41, 5.74) is 3.10. The van der Waals surface area contributed by atoms with Gasteiger partial charge in [0.15, 0.2) is 0 Å². The highest BCUT2D eigenvalue weighted by atomic mass is 32.2. The molecule has 2 aromatic rings. The number of carboxylic acid groups (broad SMARTS) is 1. The molecule has 3 aliphatic rings. The van der Waals surface area contributed by atoms with E-state index in [4.69, 9.17) is 0 Å². The van der Waals surface area contributed by atoms with Gasteiger partial charge in [-0.15, -0.1) is 0 Å². The zero-order chi connectivity index (χ0) is 27.4. The standard InChI is InChI=1S/C30H35N3O5S/c34-27-23(19-21-11-4-5-12-22(21)24-13-8-14-25(29(36)37)33(24)27)31-26(16-15-20-9-2-1-3-10-20)39-30(38)28(35)32-17-6-7-18-32/h1-5,9-12,23-26,31H,6-8,13-19H2,(H,36,37)/t23-,24?,25-,26-/m1/s1. The molecule has 1 unspecified atom stereocenters. The second-order valence-electron chi connectivity index (χ2n) is 10.6. The Morgan fingerprint density at radius 1 is 0.974 bits per heavy atom. The highest BCUT2D eigenvalue weighted by Crippen LogP contribution is 2.39. The van der Waals surface area contributed by atoms with Gasteiger partial charge in [0.2, 0.25) is 5.91 Å². The van der Waals surface area contributed by atoms with Gasteiger partial charge < -0.3 is 14.9 Å². The third kappa shape index (κ3) is 6.20. The summed E-state index contributed by atoms with van der Waals surface area (Å²) in [5.74, 6) is -1.73. The van der Waals surface area contributed by atoms with Gasteiger partial charge in [0.25, 0.3) is 5.12 Å². The number of fused-ring (bicyclic) bond motifs is 3. The van der Waals surface area contributed by atoms with Crippen molar-refractivity contribution in [3.8, 4) is 0 Å². The maximum atomic E-state index is 14.0. The number of aryl methyl sites for hydroxylation is 1. The fourth-order valence-electron chi connectivity index (χ4n) is 6.09. The first kappa shape index (κ1) is 27.4. The molecule has 2 saturated heterocycles. The predicted octanol–water partition coefficient (Wildman–Crippen LogP) is 3.55. The second-order valence-corrected chi connectivity index (χ2v) is 11.8. The van der Waals surface area contributed by atoms with E-state index < -0.39 is 34.4 Å². The quantitative estimate of drug-likeness (QED) is 0.402. The number of likely N-dealkylation sites (tertiary alicyclic amines) is 1. The van der Waals surface area contributed by atoms with Crippen molar-refractivity contribution in [2.24, 2.45) is 0 Å². The van der Waals surface area contributed by atoms with Gasteiger partial charge in [0.1, 0.15) is 6.04 Å². The van der Waals surface area contributed by atoms with Gasteiger partial charge in [0, 0.05) is 13.1 Å². The number of hydrogen-bond donors (Lipinski definition) is 2. The molecule has 9 heteroatoms. The summed E-state index contributed by atoms with van der Waals surface area (Å²) >= 11 is 0.951. The van der Waals surface area contributed by atoms with Gasteiger partial charge >= 0.3 is 11.9 Å². The summed E-state index contributed by atoms with van der Waals surface area (Å²) in [5, 5.41) is 12.4. The molecule has 0 aliphatic carbocycles. The molecule has 0 bridgehead atoms. The highest BCUT2D eigenvalue weighted by molar-refractivity contribution is 8.15. The van der Waals surface area contributed by atoms with Crippen LogP contribution in [0.1, 0.15) is 61.3 Å². The number of aliphatic carboxylic acids is 1. The van der Waals surface area contributed by atoms with Crippen molar-refractivity contribution < 1.29 is 24.3 Å². The zero-order valence-corrected chi connectivity index (χ0v) is 22.8. The van der Waals surface area contributed by atoms with Crippen LogP contribution in [0.25, 0.3) is 0 Å². The molecule has 0 radical (unpaired) electrons. The third-order valence-corrected chi connectivity index (χ3v) is 9.09. The Kier molecular flexibility index (Phi) is 8.67. The van der Waals surface area contributed by atoms with Crippen LogP contribution < -0.4 is 5.32 Å². The van der Waals surface area contributed by atoms with Gasteiger partial charge in [-0.3, -0.25) is 19.7 Å². The number of amides is 2. The van der Waals surface area contributed by atoms with Crippen LogP contribution in [0.4, 0.5) is 0 Å². The number of rotatable bonds is 7. The molecule has 3 aliphatic heterocycles. The smallest absolute Gasteiger partial charge is 0.326 e. The van der Waals surface area contributed by atoms with Crippen LogP contribution in [0.3, 0.4) is 0 Å². The van der Waals surface area contributed by atoms with E-state index in [1.165, 1.54) is 0 Å². The van der Waals surface area contributed by atoms with Gasteiger partial charge in [-0.05, 0) is 68.1 Å². The maximum Gasteiger partial charge on any atom is 0.326 e. The molecule has 39 heavy (non-hydrogen) atoms. The van der Waals surface area contributed by atoms with Crippen LogP contribution in [-0.2, 0) is 32.0 Å². The minimum Gasteiger partial charge on any atom is -0.480 e. The van der Waals surface area contributed by atoms with Crippen LogP contribution in [0.2, 0.25) is 0 Å². The van der Waals surface area contributed by atoms with Gasteiger partial charge in [-0.1, -0.05) is 66.4 Å². The summed E-state index contributed by atoms with van der Waals surface area (Å²) in [4.78, 5) is 55.3. The van der Waals surface area contributed by atoms with E-state index in [1.54, 1.807) is 9.80 Å². The zero-order valence-electron chi connectivity index (χ0n) is 22.0. The molecule has 2 N–H and O–H groups in total. The number of thioether (sulfide) groups is 1. The lowest BCUT2D eigenvalue weighted by atomic mass is 9.89. The number of carbonyl (C=O) groups is 4. The second kappa shape index (κ2) is 12.3. The monoisotopic (exact) mass is 549 g/mol. The SMILES string of the molecule is O=C(S[C@H](CCc1ccccc1)N[C@@H]1Cc2ccccc2C2CCC[C@H](C(=O)O)N2C1=O)C(=O)N1CCCC1. The molecule has 2 amide bonds. The first-order chi connectivity index (χ1) is 18.9. The minimum absolute atomic E-state index is 0.257. The normalized spacial score (nSPS) is 23.5. The number of carbonyl (C=O) groups excluding carboxylic acids is 3. The van der Waals surface area contributed by atoms with Crippen LogP contribution in [0, 0.1) is 0 Å². The molecule has 0 spiro atoms. The summed E-state index contributed by atoms with van der Waals surface area (Å²) in [6, 6.07) is 15.9. The Hall–Kier alpha value is -3.17. The predicted molar refractivity (Wildman–Crippen MR) is 149 cm³/mol. The van der Waals surface area contributed by atoms with Crippen molar-refractivity contribution in [2.75, 3.05) is 13.1 Å². The average Bonchev–Trinajstić information content (AvgIpc) is 3.46. The van der Waals surface area contributed by atoms with Crippen molar-refractivity contribution in [1.29, 1.82) is 0 Å². The van der Waals surface area contributed by atoms with Crippen LogP contribution in [0.5, 0.6) is 0 Å². The van der Waals surface area contributed by atoms with E-state index in [-0.39, 0.29) is 11.9 Å². The van der Waals surface area contributed by atoms with Gasteiger partial charge in [-0.2, -0.15) is 0 Å². The van der Waals surface area contributed by atoms with Crippen molar-refractivity contribution in [1.82, 2.24) is 15.1 Å². The van der Waals surface area contributed by atoms with Gasteiger partial charge in [0.05, 0.1) is 17.5 Å². The van der Waals surface area contributed by atoms with E-state index in [9.17, 15) is 24.3 Å². The molecule has 4 atom stereocenters. The Morgan fingerprint density at radius 3 is 2.44 bits per heavy atom. The highest BCUT2D eigenvalue weighted by Gasteiger charge is 2.44. The summed E-state index contributed by atoms with van der Waals surface area (Å²) in [6.45, 7) is 1.19. The molecule has 5 rings (SSSR count). The van der Waals surface area contributed by atoms with Crippen molar-refractivity contribution in [2.45, 2.75) is 74.9 Å². The van der Waals surface area contributed by atoms with Crippen molar-refractivity contribution in [3.05, 3.63) is 71.3 Å². The Morgan fingerprint density at radius 2 is 1.69 bits per heavy atom. The van der Waals surface area contributed by atoms with Gasteiger partial charge in [-0.25, -0.2) is 4.79 Å². The Balaban J connectivity index is 1.41. The van der Waals surface area contributed by atoms with E-state index >= 15 is 0 Å². The third-order valence-electron chi connectivity index (χ3n) is 8.04. The van der Waals surface area contributed by atoms with E-state index in [1.807, 2.05) is 54.6 Å². The molecule has 0 aromatic heterocycles. The lowest BCUT2D eigenvalue weighted by molar-refractivity contribution is -0.156. The lowest BCUT2D eigenvalue weighted by Gasteiger charge is -2.41. The number of hydrogen-bond acceptors (Lipinski definition) is 6. The minimum atomic E-state index is -0.993. The fraction of sp³-hybridized carbons (Fsp3) is 0.467. The molecule has 3 heterocycles. The number of benzene rings is 2. The molecular weight excluding hydrogens is 514 g/mol. The first-order valence-electron chi connectivity index (χ1n) is 13.8. The topological polar surface area (TPSA) is 107 Å². The molecule has 2 aromatic carbocycles. The molecule has 0 saturated carbocycles. The van der Waals surface area contributed by atoms with Crippen molar-refractivity contribution in [3.63, 3.8) is 0 Å². The van der Waals surface area contributed by atoms with E-state index in [2.05, 4.69) is 5.32 Å². The van der Waals surface area contributed by atoms with E-state index in [0.29, 0.717) is 45.2 Å². The van der Waals surface area contributed by atoms with E-state index in [0.717, 1.165) is 47.7 Å². The Labute approximate surface area is 233 Å². The number of piperidine rings is 1. The fourth-order valence-corrected chi connectivity index (χ4v) is 7.05. The summed E-state index contributed by atoms with van der Waals surface area (Å²) in [6.07, 6.45) is 5.26.